The summed E-state index contributed by atoms with van der Waals surface area (Å²) in [4.78, 5) is 37.1. The molecule has 33 heavy (non-hydrogen) atoms. The number of hydrazine groups is 1. The number of hydrogen-bond donors (Lipinski definition) is 4. The van der Waals surface area contributed by atoms with E-state index in [0.29, 0.717) is 31.7 Å². The first kappa shape index (κ1) is 30.5. The minimum absolute atomic E-state index is 0.0463. The summed E-state index contributed by atoms with van der Waals surface area (Å²) in [6.07, 6.45) is 5.12. The molecule has 0 saturated carbocycles. The maximum absolute atomic E-state index is 11.6. The van der Waals surface area contributed by atoms with Gasteiger partial charge in [0.2, 0.25) is 12.3 Å². The molecule has 1 saturated heterocycles. The lowest BCUT2D eigenvalue weighted by molar-refractivity contribution is -0.132. The number of nitrogens with one attached hydrogen (secondary N) is 1. The molecule has 2 aromatic rings. The van der Waals surface area contributed by atoms with Crippen molar-refractivity contribution in [3.63, 3.8) is 0 Å². The first-order valence-corrected chi connectivity index (χ1v) is 11.7. The number of carbonyl (C=O) groups excluding carboxylic acids is 2. The van der Waals surface area contributed by atoms with Crippen LogP contribution in [0.25, 0.3) is 10.4 Å². The highest BCUT2D eigenvalue weighted by Gasteiger charge is 2.27. The number of aliphatic hydroxyl groups excluding tert-OH is 1. The van der Waals surface area contributed by atoms with Crippen LogP contribution in [-0.4, -0.2) is 56.5 Å². The Balaban J connectivity index is 0.000000549. The van der Waals surface area contributed by atoms with Crippen molar-refractivity contribution in [2.45, 2.75) is 67.0 Å². The van der Waals surface area contributed by atoms with Crippen LogP contribution < -0.4 is 17.0 Å². The molecule has 11 heteroatoms. The van der Waals surface area contributed by atoms with E-state index in [0.717, 1.165) is 29.1 Å². The molecule has 1 atom stereocenters. The van der Waals surface area contributed by atoms with Crippen LogP contribution in [0.2, 0.25) is 0 Å². The van der Waals surface area contributed by atoms with Gasteiger partial charge >= 0.3 is 0 Å². The van der Waals surface area contributed by atoms with Gasteiger partial charge in [0, 0.05) is 37.5 Å². The van der Waals surface area contributed by atoms with E-state index in [1.54, 1.807) is 34.1 Å². The number of aryl methyl sites for hydroxylation is 1. The lowest BCUT2D eigenvalue weighted by atomic mass is 9.92. The summed E-state index contributed by atoms with van der Waals surface area (Å²) < 4.78 is 0. The van der Waals surface area contributed by atoms with Gasteiger partial charge in [-0.05, 0) is 18.8 Å². The highest BCUT2D eigenvalue weighted by Crippen LogP contribution is 2.25. The van der Waals surface area contributed by atoms with E-state index in [9.17, 15) is 14.7 Å². The van der Waals surface area contributed by atoms with Gasteiger partial charge in [0.05, 0.1) is 28.7 Å². The summed E-state index contributed by atoms with van der Waals surface area (Å²) in [5, 5.41) is 11.8. The van der Waals surface area contributed by atoms with Crippen molar-refractivity contribution in [2.24, 2.45) is 17.1 Å². The second-order valence-corrected chi connectivity index (χ2v) is 9.03. The van der Waals surface area contributed by atoms with Crippen molar-refractivity contribution in [3.8, 4) is 10.4 Å². The SMILES string of the molecule is CC.CC(C)(C)CC(=O)N1CCC(O)C1.Cc1ncsc1-c1cnc(CNC=O)nc1.NN. The highest BCUT2D eigenvalue weighted by atomic mass is 32.1. The van der Waals surface area contributed by atoms with Crippen LogP contribution in [0.3, 0.4) is 0 Å². The van der Waals surface area contributed by atoms with E-state index < -0.39 is 0 Å². The number of aliphatic hydroxyl groups is 1. The summed E-state index contributed by atoms with van der Waals surface area (Å²) >= 11 is 1.56. The predicted octanol–water partition coefficient (Wildman–Crippen LogP) is 2.02. The normalized spacial score (nSPS) is 14.6. The zero-order chi connectivity index (χ0) is 25.4. The fourth-order valence-electron chi connectivity index (χ4n) is 2.81. The van der Waals surface area contributed by atoms with Gasteiger partial charge in [-0.2, -0.15) is 0 Å². The molecule has 1 aliphatic heterocycles. The average Bonchev–Trinajstić information content (AvgIpc) is 3.43. The van der Waals surface area contributed by atoms with E-state index in [-0.39, 0.29) is 17.4 Å². The van der Waals surface area contributed by atoms with Gasteiger partial charge in [0.1, 0.15) is 5.82 Å². The summed E-state index contributed by atoms with van der Waals surface area (Å²) in [7, 11) is 0. The Morgan fingerprint density at radius 3 is 2.30 bits per heavy atom. The first-order valence-electron chi connectivity index (χ1n) is 10.9. The topological polar surface area (TPSA) is 160 Å². The lowest BCUT2D eigenvalue weighted by Gasteiger charge is -2.22. The summed E-state index contributed by atoms with van der Waals surface area (Å²) in [5.74, 6) is 8.77. The Morgan fingerprint density at radius 1 is 1.27 bits per heavy atom. The second-order valence-electron chi connectivity index (χ2n) is 8.17. The molecule has 1 fully saturated rings. The Bertz CT molecular complexity index is 807. The number of β-amino-alcohol motifs (C(OH)–C–C–N with tert-alkyl or cyclic N) is 1. The average molecular weight is 482 g/mol. The van der Waals surface area contributed by atoms with Crippen molar-refractivity contribution >= 4 is 23.7 Å². The molecule has 0 spiro atoms. The summed E-state index contributed by atoms with van der Waals surface area (Å²) in [6.45, 7) is 13.7. The minimum Gasteiger partial charge on any atom is -0.391 e. The third kappa shape index (κ3) is 11.8. The summed E-state index contributed by atoms with van der Waals surface area (Å²) in [6, 6.07) is 0. The standard InChI is InChI=1S/C10H10N4OS.C10H19NO2.C2H6.H4N2/c1-7-10(16-6-14-7)8-2-12-9(13-3-8)4-11-5-15;1-10(2,3)6-9(13)11-5-4-8(12)7-11;2*1-2/h2-3,5-6H,4H2,1H3,(H,11,15);8,12H,4-7H2,1-3H3;1-2H3;1-2H2. The number of nitrogens with zero attached hydrogens (tertiary/aromatic N) is 4. The van der Waals surface area contributed by atoms with Gasteiger partial charge in [-0.15, -0.1) is 11.3 Å². The van der Waals surface area contributed by atoms with E-state index in [1.807, 2.05) is 20.8 Å². The number of nitrogens with two attached hydrogens (primary N) is 2. The number of likely N-dealkylation sites (tertiary alicyclic amines) is 1. The molecule has 0 radical (unpaired) electrons. The molecular weight excluding hydrogens is 442 g/mol. The number of amides is 2. The Hall–Kier alpha value is -2.47. The number of rotatable bonds is 5. The molecule has 186 valence electrons. The predicted molar refractivity (Wildman–Crippen MR) is 132 cm³/mol. The maximum Gasteiger partial charge on any atom is 0.223 e. The maximum atomic E-state index is 11.6. The minimum atomic E-state index is -0.302. The van der Waals surface area contributed by atoms with Crippen molar-refractivity contribution in [1.29, 1.82) is 0 Å². The largest absolute Gasteiger partial charge is 0.391 e. The van der Waals surface area contributed by atoms with Crippen LogP contribution >= 0.6 is 11.3 Å². The molecule has 0 aromatic carbocycles. The van der Waals surface area contributed by atoms with Gasteiger partial charge in [-0.25, -0.2) is 15.0 Å². The molecular formula is C22H39N7O3S. The number of thiazole rings is 1. The Morgan fingerprint density at radius 2 is 1.88 bits per heavy atom. The molecule has 10 nitrogen and oxygen atoms in total. The van der Waals surface area contributed by atoms with Crippen molar-refractivity contribution in [2.75, 3.05) is 13.1 Å². The van der Waals surface area contributed by atoms with Crippen LogP contribution in [0.1, 0.15) is 59.0 Å². The molecule has 3 rings (SSSR count). The van der Waals surface area contributed by atoms with Crippen LogP contribution in [0.5, 0.6) is 0 Å². The lowest BCUT2D eigenvalue weighted by Crippen LogP contribution is -2.32. The quantitative estimate of drug-likeness (QED) is 0.286. The number of aromatic nitrogens is 3. The van der Waals surface area contributed by atoms with Gasteiger partial charge in [0.25, 0.3) is 0 Å². The zero-order valence-corrected chi connectivity index (χ0v) is 21.4. The van der Waals surface area contributed by atoms with Crippen molar-refractivity contribution in [1.82, 2.24) is 25.2 Å². The smallest absolute Gasteiger partial charge is 0.223 e. The second kappa shape index (κ2) is 16.2. The van der Waals surface area contributed by atoms with Crippen LogP contribution in [0.4, 0.5) is 0 Å². The van der Waals surface area contributed by atoms with Crippen LogP contribution in [0.15, 0.2) is 17.9 Å². The van der Waals surface area contributed by atoms with Gasteiger partial charge in [-0.3, -0.25) is 21.3 Å². The van der Waals surface area contributed by atoms with E-state index in [4.69, 9.17) is 0 Å². The molecule has 0 aliphatic carbocycles. The van der Waals surface area contributed by atoms with E-state index >= 15 is 0 Å². The fraction of sp³-hybridized carbons (Fsp3) is 0.591. The molecule has 1 unspecified atom stereocenters. The molecule has 6 N–H and O–H groups in total. The number of hydrogen-bond acceptors (Lipinski definition) is 9. The number of carbonyl (C=O) groups is 2. The molecule has 2 aromatic heterocycles. The van der Waals surface area contributed by atoms with Crippen molar-refractivity contribution in [3.05, 3.63) is 29.4 Å². The van der Waals surface area contributed by atoms with Gasteiger partial charge < -0.3 is 15.3 Å². The van der Waals surface area contributed by atoms with E-state index in [1.165, 1.54) is 0 Å². The molecule has 2 amide bonds. The Kier molecular flexibility index (Phi) is 15.0. The Labute approximate surface area is 200 Å². The van der Waals surface area contributed by atoms with Crippen LogP contribution in [-0.2, 0) is 16.1 Å². The summed E-state index contributed by atoms with van der Waals surface area (Å²) in [5.41, 5.74) is 3.78. The molecule has 0 bridgehead atoms. The van der Waals surface area contributed by atoms with Gasteiger partial charge in [0.15, 0.2) is 0 Å². The first-order chi connectivity index (χ1) is 15.7. The highest BCUT2D eigenvalue weighted by molar-refractivity contribution is 7.13. The van der Waals surface area contributed by atoms with Crippen molar-refractivity contribution < 1.29 is 14.7 Å². The molecule has 3 heterocycles. The van der Waals surface area contributed by atoms with Crippen LogP contribution in [0, 0.1) is 12.3 Å². The van der Waals surface area contributed by atoms with Gasteiger partial charge in [-0.1, -0.05) is 34.6 Å². The molecule has 1 aliphatic rings. The third-order valence-electron chi connectivity index (χ3n) is 4.25. The third-order valence-corrected chi connectivity index (χ3v) is 5.23. The van der Waals surface area contributed by atoms with E-state index in [2.05, 4.69) is 52.7 Å². The zero-order valence-electron chi connectivity index (χ0n) is 20.5. The monoisotopic (exact) mass is 481 g/mol. The fourth-order valence-corrected chi connectivity index (χ4v) is 3.59.